The Labute approximate surface area is 180 Å². The molecule has 1 aliphatic carbocycles. The second-order valence-electron chi connectivity index (χ2n) is 8.20. The molecule has 5 rings (SSSR count). The van der Waals surface area contributed by atoms with Crippen LogP contribution in [0.2, 0.25) is 0 Å². The molecule has 3 aromatic rings. The van der Waals surface area contributed by atoms with Crippen LogP contribution in [0.4, 0.5) is 17.1 Å². The number of benzene rings is 3. The highest BCUT2D eigenvalue weighted by Gasteiger charge is 2.28. The number of hydrogen-bond donors (Lipinski definition) is 1. The fraction of sp³-hybridized carbons (Fsp3) is 0.240. The molecule has 0 bridgehead atoms. The fourth-order valence-electron chi connectivity index (χ4n) is 4.74. The molecule has 0 spiro atoms. The Morgan fingerprint density at radius 3 is 2.45 bits per heavy atom. The summed E-state index contributed by atoms with van der Waals surface area (Å²) in [6.45, 7) is 1.25. The van der Waals surface area contributed by atoms with Crippen molar-refractivity contribution in [3.63, 3.8) is 0 Å². The normalized spacial score (nSPS) is 15.3. The van der Waals surface area contributed by atoms with Crippen LogP contribution in [-0.2, 0) is 11.2 Å². The summed E-state index contributed by atoms with van der Waals surface area (Å²) >= 11 is 0. The number of nitrogens with one attached hydrogen (secondary N) is 1. The van der Waals surface area contributed by atoms with Gasteiger partial charge in [0.25, 0.3) is 5.69 Å². The molecule has 6 nitrogen and oxygen atoms in total. The number of piperidine rings is 1. The Morgan fingerprint density at radius 2 is 1.65 bits per heavy atom. The van der Waals surface area contributed by atoms with Gasteiger partial charge < -0.3 is 10.2 Å². The van der Waals surface area contributed by atoms with Gasteiger partial charge in [0.05, 0.1) is 4.92 Å². The lowest BCUT2D eigenvalue weighted by Crippen LogP contribution is -2.38. The van der Waals surface area contributed by atoms with E-state index in [4.69, 9.17) is 0 Å². The average molecular weight is 413 g/mol. The molecule has 1 fully saturated rings. The predicted octanol–water partition coefficient (Wildman–Crippen LogP) is 5.02. The molecule has 0 unspecified atom stereocenters. The second kappa shape index (κ2) is 7.87. The maximum Gasteiger partial charge on any atom is 0.292 e. The van der Waals surface area contributed by atoms with E-state index in [0.29, 0.717) is 31.6 Å². The van der Waals surface area contributed by atoms with Crippen LogP contribution in [-0.4, -0.2) is 23.9 Å². The van der Waals surface area contributed by atoms with Crippen molar-refractivity contribution in [3.8, 4) is 11.1 Å². The zero-order chi connectivity index (χ0) is 21.4. The third-order valence-corrected chi connectivity index (χ3v) is 6.35. The summed E-state index contributed by atoms with van der Waals surface area (Å²) in [5.41, 5.74) is 6.66. The Kier molecular flexibility index (Phi) is 4.90. The van der Waals surface area contributed by atoms with Gasteiger partial charge in [-0.25, -0.2) is 0 Å². The highest BCUT2D eigenvalue weighted by Crippen LogP contribution is 2.38. The van der Waals surface area contributed by atoms with Gasteiger partial charge in [0.15, 0.2) is 0 Å². The number of rotatable bonds is 4. The minimum Gasteiger partial charge on any atom is -0.366 e. The third kappa shape index (κ3) is 3.65. The van der Waals surface area contributed by atoms with Crippen LogP contribution >= 0.6 is 0 Å². The lowest BCUT2D eigenvalue weighted by Gasteiger charge is -2.32. The number of carbonyl (C=O) groups is 1. The van der Waals surface area contributed by atoms with E-state index in [-0.39, 0.29) is 22.4 Å². The first-order chi connectivity index (χ1) is 15.1. The van der Waals surface area contributed by atoms with E-state index in [1.165, 1.54) is 28.3 Å². The molecular weight excluding hydrogens is 390 g/mol. The molecule has 31 heavy (non-hydrogen) atoms. The minimum atomic E-state index is -0.347. The maximum absolute atomic E-state index is 12.9. The number of anilines is 2. The lowest BCUT2D eigenvalue weighted by molar-refractivity contribution is -0.384. The summed E-state index contributed by atoms with van der Waals surface area (Å²) < 4.78 is 0. The fourth-order valence-corrected chi connectivity index (χ4v) is 4.74. The van der Waals surface area contributed by atoms with Gasteiger partial charge in [0.1, 0.15) is 5.69 Å². The minimum absolute atomic E-state index is 0.0256. The summed E-state index contributed by atoms with van der Waals surface area (Å²) in [7, 11) is 0. The van der Waals surface area contributed by atoms with Gasteiger partial charge in [0, 0.05) is 30.8 Å². The standard InChI is InChI=1S/C25H23N3O3/c29-25(17-11-13-27(14-12-17)23-7-3-4-8-24(23)28(30)31)26-20-9-10-22-19(16-20)15-18-5-1-2-6-21(18)22/h1-10,16-17H,11-15H2,(H,26,29). The van der Waals surface area contributed by atoms with E-state index in [9.17, 15) is 14.9 Å². The number of fused-ring (bicyclic) bond motifs is 3. The molecule has 1 N–H and O–H groups in total. The van der Waals surface area contributed by atoms with Crippen LogP contribution in [0.5, 0.6) is 0 Å². The number of hydrogen-bond acceptors (Lipinski definition) is 4. The number of carbonyl (C=O) groups excluding carboxylic acids is 1. The molecular formula is C25H23N3O3. The first-order valence-corrected chi connectivity index (χ1v) is 10.6. The molecule has 0 aromatic heterocycles. The molecule has 1 heterocycles. The van der Waals surface area contributed by atoms with E-state index in [0.717, 1.165) is 12.1 Å². The molecule has 6 heteroatoms. The molecule has 0 radical (unpaired) electrons. The number of amides is 1. The van der Waals surface area contributed by atoms with Crippen molar-refractivity contribution in [2.24, 2.45) is 5.92 Å². The lowest BCUT2D eigenvalue weighted by atomic mass is 9.95. The van der Waals surface area contributed by atoms with Crippen molar-refractivity contribution in [1.82, 2.24) is 0 Å². The SMILES string of the molecule is O=C(Nc1ccc2c(c1)Cc1ccccc1-2)C1CCN(c2ccccc2[N+](=O)[O-])CC1. The Bertz CT molecular complexity index is 1170. The smallest absolute Gasteiger partial charge is 0.292 e. The van der Waals surface area contributed by atoms with Crippen LogP contribution in [0, 0.1) is 16.0 Å². The van der Waals surface area contributed by atoms with Gasteiger partial charge in [-0.3, -0.25) is 14.9 Å². The van der Waals surface area contributed by atoms with Crippen molar-refractivity contribution >= 4 is 23.0 Å². The molecule has 2 aliphatic rings. The molecule has 3 aromatic carbocycles. The topological polar surface area (TPSA) is 75.5 Å². The summed E-state index contributed by atoms with van der Waals surface area (Å²) in [5, 5.41) is 14.4. The van der Waals surface area contributed by atoms with E-state index in [1.54, 1.807) is 12.1 Å². The van der Waals surface area contributed by atoms with E-state index < -0.39 is 0 Å². The molecule has 1 aliphatic heterocycles. The van der Waals surface area contributed by atoms with Crippen LogP contribution < -0.4 is 10.2 Å². The number of nitrogens with zero attached hydrogens (tertiary/aromatic N) is 2. The molecule has 0 saturated carbocycles. The monoisotopic (exact) mass is 413 g/mol. The van der Waals surface area contributed by atoms with Gasteiger partial charge in [-0.1, -0.05) is 42.5 Å². The highest BCUT2D eigenvalue weighted by molar-refractivity contribution is 5.93. The summed E-state index contributed by atoms with van der Waals surface area (Å²) in [4.78, 5) is 25.8. The van der Waals surface area contributed by atoms with Gasteiger partial charge in [0.2, 0.25) is 5.91 Å². The van der Waals surface area contributed by atoms with Crippen molar-refractivity contribution in [3.05, 3.63) is 88.0 Å². The van der Waals surface area contributed by atoms with Crippen molar-refractivity contribution in [1.29, 1.82) is 0 Å². The van der Waals surface area contributed by atoms with E-state index in [1.807, 2.05) is 17.0 Å². The molecule has 0 atom stereocenters. The van der Waals surface area contributed by atoms with Crippen molar-refractivity contribution in [2.45, 2.75) is 19.3 Å². The zero-order valence-electron chi connectivity index (χ0n) is 17.1. The third-order valence-electron chi connectivity index (χ3n) is 6.35. The zero-order valence-corrected chi connectivity index (χ0v) is 17.1. The van der Waals surface area contributed by atoms with Crippen molar-refractivity contribution in [2.75, 3.05) is 23.3 Å². The van der Waals surface area contributed by atoms with Crippen LogP contribution in [0.25, 0.3) is 11.1 Å². The first-order valence-electron chi connectivity index (χ1n) is 10.6. The number of nitro benzene ring substituents is 1. The number of nitro groups is 1. The Balaban J connectivity index is 1.23. The summed E-state index contributed by atoms with van der Waals surface area (Å²) in [5.74, 6) is -0.0675. The Morgan fingerprint density at radius 1 is 0.935 bits per heavy atom. The van der Waals surface area contributed by atoms with Crippen LogP contribution in [0.1, 0.15) is 24.0 Å². The van der Waals surface area contributed by atoms with E-state index in [2.05, 4.69) is 41.7 Å². The predicted molar refractivity (Wildman–Crippen MR) is 121 cm³/mol. The van der Waals surface area contributed by atoms with Gasteiger partial charge in [-0.2, -0.15) is 0 Å². The molecule has 1 amide bonds. The van der Waals surface area contributed by atoms with E-state index >= 15 is 0 Å². The van der Waals surface area contributed by atoms with Gasteiger partial charge in [-0.05, 0) is 59.7 Å². The second-order valence-corrected chi connectivity index (χ2v) is 8.20. The first kappa shape index (κ1) is 19.3. The summed E-state index contributed by atoms with van der Waals surface area (Å²) in [6, 6.07) is 21.4. The average Bonchev–Trinajstić information content (AvgIpc) is 3.17. The van der Waals surface area contributed by atoms with Crippen LogP contribution in [0.15, 0.2) is 66.7 Å². The molecule has 1 saturated heterocycles. The highest BCUT2D eigenvalue weighted by atomic mass is 16.6. The van der Waals surface area contributed by atoms with Gasteiger partial charge in [-0.15, -0.1) is 0 Å². The largest absolute Gasteiger partial charge is 0.366 e. The number of para-hydroxylation sites is 2. The quantitative estimate of drug-likeness (QED) is 0.376. The van der Waals surface area contributed by atoms with Crippen molar-refractivity contribution < 1.29 is 9.72 Å². The molecule has 156 valence electrons. The van der Waals surface area contributed by atoms with Crippen LogP contribution in [0.3, 0.4) is 0 Å². The maximum atomic E-state index is 12.9. The van der Waals surface area contributed by atoms with Gasteiger partial charge >= 0.3 is 0 Å². The Hall–Kier alpha value is -3.67. The summed E-state index contributed by atoms with van der Waals surface area (Å²) in [6.07, 6.45) is 2.24.